The van der Waals surface area contributed by atoms with Gasteiger partial charge < -0.3 is 9.57 Å². The number of nitrogens with zero attached hydrogens (tertiary/aromatic N) is 1. The van der Waals surface area contributed by atoms with Crippen LogP contribution in [-0.4, -0.2) is 44.0 Å². The van der Waals surface area contributed by atoms with Gasteiger partial charge in [-0.05, 0) is 6.92 Å². The van der Waals surface area contributed by atoms with Gasteiger partial charge in [0.15, 0.2) is 0 Å². The van der Waals surface area contributed by atoms with Gasteiger partial charge in [-0.1, -0.05) is 0 Å². The maximum absolute atomic E-state index is 11.7. The first-order valence-electron chi connectivity index (χ1n) is 3.96. The van der Waals surface area contributed by atoms with Gasteiger partial charge in [0.25, 0.3) is 0 Å². The van der Waals surface area contributed by atoms with Gasteiger partial charge >= 0.3 is 12.1 Å². The Morgan fingerprint density at radius 2 is 2.00 bits per heavy atom. The minimum Gasteiger partial charge on any atom is -0.380 e. The third-order valence-corrected chi connectivity index (χ3v) is 1.22. The monoisotopic (exact) mass is 215 g/mol. The van der Waals surface area contributed by atoms with Crippen LogP contribution in [-0.2, 0) is 14.4 Å². The average Bonchev–Trinajstić information content (AvgIpc) is 2.03. The molecule has 0 aliphatic rings. The van der Waals surface area contributed by atoms with E-state index in [1.54, 1.807) is 6.92 Å². The van der Waals surface area contributed by atoms with Crippen molar-refractivity contribution in [3.05, 3.63) is 0 Å². The molecule has 0 saturated heterocycles. The van der Waals surface area contributed by atoms with Crippen molar-refractivity contribution in [1.29, 1.82) is 0 Å². The third-order valence-electron chi connectivity index (χ3n) is 1.22. The van der Waals surface area contributed by atoms with Crippen LogP contribution in [0.5, 0.6) is 0 Å². The highest BCUT2D eigenvalue weighted by Crippen LogP contribution is 2.16. The molecular formula is C7H12F3NO3. The van der Waals surface area contributed by atoms with Crippen LogP contribution in [0.15, 0.2) is 0 Å². The zero-order valence-electron chi connectivity index (χ0n) is 7.93. The fraction of sp³-hybridized carbons (Fsp3) is 0.857. The molecule has 0 unspecified atom stereocenters. The summed E-state index contributed by atoms with van der Waals surface area (Å²) in [5, 5.41) is 0.783. The number of ether oxygens (including phenoxy) is 1. The Labute approximate surface area is 79.5 Å². The van der Waals surface area contributed by atoms with Gasteiger partial charge in [-0.15, -0.1) is 5.06 Å². The Morgan fingerprint density at radius 1 is 1.43 bits per heavy atom. The van der Waals surface area contributed by atoms with Gasteiger partial charge in [-0.25, -0.2) is 4.79 Å². The van der Waals surface area contributed by atoms with E-state index in [4.69, 9.17) is 4.74 Å². The first kappa shape index (κ1) is 13.2. The normalized spacial score (nSPS) is 11.9. The Hall–Kier alpha value is -0.820. The summed E-state index contributed by atoms with van der Waals surface area (Å²) in [6.45, 7) is 2.51. The fourth-order valence-electron chi connectivity index (χ4n) is 0.576. The van der Waals surface area contributed by atoms with E-state index in [-0.39, 0.29) is 13.2 Å². The van der Waals surface area contributed by atoms with E-state index in [0.29, 0.717) is 6.61 Å². The van der Waals surface area contributed by atoms with Crippen molar-refractivity contribution in [3.8, 4) is 0 Å². The molecule has 0 bridgehead atoms. The molecule has 0 aromatic rings. The minimum atomic E-state index is -4.96. The van der Waals surface area contributed by atoms with E-state index in [1.807, 2.05) is 0 Å². The summed E-state index contributed by atoms with van der Waals surface area (Å²) in [5.74, 6) is -2.23. The van der Waals surface area contributed by atoms with Crippen molar-refractivity contribution in [2.24, 2.45) is 0 Å². The lowest BCUT2D eigenvalue weighted by molar-refractivity contribution is -0.235. The van der Waals surface area contributed by atoms with Gasteiger partial charge in [0, 0.05) is 13.7 Å². The van der Waals surface area contributed by atoms with Crippen LogP contribution in [0.25, 0.3) is 0 Å². The van der Waals surface area contributed by atoms with Crippen molar-refractivity contribution in [2.45, 2.75) is 13.1 Å². The van der Waals surface area contributed by atoms with E-state index in [9.17, 15) is 18.0 Å². The number of carbonyl (C=O) groups excluding carboxylic acids is 1. The molecule has 0 aromatic carbocycles. The molecule has 0 heterocycles. The van der Waals surface area contributed by atoms with Crippen LogP contribution < -0.4 is 0 Å². The number of hydrogen-bond acceptors (Lipinski definition) is 4. The topological polar surface area (TPSA) is 38.8 Å². The standard InChI is InChI=1S/C7H12F3NO3/c1-3-13-5-4-11(2)14-6(12)7(8,9)10/h3-5H2,1-2H3. The molecule has 0 spiro atoms. The van der Waals surface area contributed by atoms with Gasteiger partial charge in [-0.3, -0.25) is 0 Å². The number of hydroxylamine groups is 2. The summed E-state index contributed by atoms with van der Waals surface area (Å²) in [6.07, 6.45) is -4.96. The van der Waals surface area contributed by atoms with Crippen molar-refractivity contribution >= 4 is 5.97 Å². The highest BCUT2D eigenvalue weighted by Gasteiger charge is 2.42. The van der Waals surface area contributed by atoms with Crippen molar-refractivity contribution in [1.82, 2.24) is 5.06 Å². The van der Waals surface area contributed by atoms with E-state index in [0.717, 1.165) is 5.06 Å². The van der Waals surface area contributed by atoms with Crippen molar-refractivity contribution in [3.63, 3.8) is 0 Å². The summed E-state index contributed by atoms with van der Waals surface area (Å²) in [5.41, 5.74) is 0. The van der Waals surface area contributed by atoms with Crippen LogP contribution in [0.3, 0.4) is 0 Å². The van der Waals surface area contributed by atoms with Crippen LogP contribution in [0.2, 0.25) is 0 Å². The van der Waals surface area contributed by atoms with Gasteiger partial charge in [0.1, 0.15) is 0 Å². The molecule has 0 fully saturated rings. The number of likely N-dealkylation sites (N-methyl/N-ethyl adjacent to an activating group) is 1. The molecule has 4 nitrogen and oxygen atoms in total. The number of hydrogen-bond donors (Lipinski definition) is 0. The Morgan fingerprint density at radius 3 is 2.43 bits per heavy atom. The second-order valence-electron chi connectivity index (χ2n) is 2.42. The maximum Gasteiger partial charge on any atom is 0.492 e. The molecule has 0 aromatic heterocycles. The average molecular weight is 215 g/mol. The highest BCUT2D eigenvalue weighted by atomic mass is 19.4. The minimum absolute atomic E-state index is 0.0929. The summed E-state index contributed by atoms with van der Waals surface area (Å²) < 4.78 is 39.9. The summed E-state index contributed by atoms with van der Waals surface area (Å²) in [6, 6.07) is 0. The fourth-order valence-corrected chi connectivity index (χ4v) is 0.576. The predicted molar refractivity (Wildman–Crippen MR) is 41.3 cm³/mol. The molecule has 0 atom stereocenters. The third kappa shape index (κ3) is 5.76. The molecule has 0 N–H and O–H groups in total. The molecule has 0 aliphatic carbocycles. The maximum atomic E-state index is 11.7. The zero-order chi connectivity index (χ0) is 11.2. The SMILES string of the molecule is CCOCCN(C)OC(=O)C(F)(F)F. The number of rotatable bonds is 5. The van der Waals surface area contributed by atoms with Crippen LogP contribution in [0.4, 0.5) is 13.2 Å². The quantitative estimate of drug-likeness (QED) is 0.506. The predicted octanol–water partition coefficient (Wildman–Crippen LogP) is 0.975. The summed E-state index contributed by atoms with van der Waals surface area (Å²) in [4.78, 5) is 14.2. The largest absolute Gasteiger partial charge is 0.492 e. The number of alkyl halides is 3. The molecule has 7 heteroatoms. The second kappa shape index (κ2) is 5.82. The lowest BCUT2D eigenvalue weighted by atomic mass is 10.6. The lowest BCUT2D eigenvalue weighted by Crippen LogP contribution is -2.34. The molecule has 0 aliphatic heterocycles. The van der Waals surface area contributed by atoms with Gasteiger partial charge in [0.2, 0.25) is 0 Å². The van der Waals surface area contributed by atoms with Gasteiger partial charge in [-0.2, -0.15) is 13.2 Å². The first-order valence-corrected chi connectivity index (χ1v) is 3.96. The zero-order valence-corrected chi connectivity index (χ0v) is 7.93. The lowest BCUT2D eigenvalue weighted by Gasteiger charge is -2.16. The highest BCUT2D eigenvalue weighted by molar-refractivity contribution is 5.75. The van der Waals surface area contributed by atoms with E-state index < -0.39 is 12.1 Å². The molecule has 0 radical (unpaired) electrons. The molecule has 0 saturated carbocycles. The van der Waals surface area contributed by atoms with Crippen LogP contribution in [0, 0.1) is 0 Å². The van der Waals surface area contributed by atoms with E-state index >= 15 is 0 Å². The Bertz CT molecular complexity index is 184. The number of carbonyl (C=O) groups is 1. The van der Waals surface area contributed by atoms with Crippen molar-refractivity contribution in [2.75, 3.05) is 26.8 Å². The molecule has 0 rings (SSSR count). The second-order valence-corrected chi connectivity index (χ2v) is 2.42. The Kier molecular flexibility index (Phi) is 5.47. The Balaban J connectivity index is 3.72. The summed E-state index contributed by atoms with van der Waals surface area (Å²) >= 11 is 0. The first-order chi connectivity index (χ1) is 6.38. The molecular weight excluding hydrogens is 203 g/mol. The number of halogens is 3. The van der Waals surface area contributed by atoms with E-state index in [1.165, 1.54) is 7.05 Å². The van der Waals surface area contributed by atoms with Crippen LogP contribution >= 0.6 is 0 Å². The van der Waals surface area contributed by atoms with Gasteiger partial charge in [0.05, 0.1) is 13.2 Å². The molecule has 14 heavy (non-hydrogen) atoms. The molecule has 84 valence electrons. The van der Waals surface area contributed by atoms with Crippen molar-refractivity contribution < 1.29 is 27.5 Å². The van der Waals surface area contributed by atoms with Crippen LogP contribution in [0.1, 0.15) is 6.92 Å². The summed E-state index contributed by atoms with van der Waals surface area (Å²) in [7, 11) is 1.22. The molecule has 0 amide bonds. The smallest absolute Gasteiger partial charge is 0.380 e. The van der Waals surface area contributed by atoms with E-state index in [2.05, 4.69) is 4.84 Å².